The van der Waals surface area contributed by atoms with Crippen molar-refractivity contribution < 1.29 is 4.42 Å². The van der Waals surface area contributed by atoms with Crippen molar-refractivity contribution in [3.8, 4) is 56.4 Å². The third kappa shape index (κ3) is 5.13. The van der Waals surface area contributed by atoms with E-state index in [0.717, 1.165) is 60.5 Å². The van der Waals surface area contributed by atoms with Crippen LogP contribution in [0.3, 0.4) is 0 Å². The molecule has 0 radical (unpaired) electrons. The van der Waals surface area contributed by atoms with E-state index >= 15 is 0 Å². The van der Waals surface area contributed by atoms with Crippen molar-refractivity contribution >= 4 is 43.5 Å². The van der Waals surface area contributed by atoms with Gasteiger partial charge in [0.05, 0.1) is 0 Å². The van der Waals surface area contributed by atoms with E-state index in [-0.39, 0.29) is 0 Å². The van der Waals surface area contributed by atoms with Crippen LogP contribution >= 0.6 is 0 Å². The number of fused-ring (bicyclic) bond motifs is 5. The molecule has 0 amide bonds. The molecule has 10 rings (SSSR count). The molecule has 0 N–H and O–H groups in total. The molecule has 0 aliphatic carbocycles. The quantitative estimate of drug-likeness (QED) is 0.186. The molecule has 0 aliphatic rings. The van der Waals surface area contributed by atoms with Crippen LogP contribution in [0.4, 0.5) is 0 Å². The molecule has 2 heterocycles. The van der Waals surface area contributed by atoms with Crippen molar-refractivity contribution in [1.29, 1.82) is 0 Å². The molecule has 0 aliphatic heterocycles. The number of furan rings is 1. The zero-order chi connectivity index (χ0) is 33.7. The van der Waals surface area contributed by atoms with Gasteiger partial charge in [0.2, 0.25) is 0 Å². The van der Waals surface area contributed by atoms with E-state index in [9.17, 15) is 0 Å². The largest absolute Gasteiger partial charge is 0.456 e. The Bertz CT molecular complexity index is 2910. The van der Waals surface area contributed by atoms with E-state index in [4.69, 9.17) is 19.4 Å². The topological polar surface area (TPSA) is 51.8 Å². The molecule has 0 spiro atoms. The molecule has 8 aromatic carbocycles. The molecule has 0 bridgehead atoms. The van der Waals surface area contributed by atoms with Crippen molar-refractivity contribution in [2.24, 2.45) is 0 Å². The van der Waals surface area contributed by atoms with Crippen LogP contribution in [0.2, 0.25) is 0 Å². The second-order valence-electron chi connectivity index (χ2n) is 12.8. The van der Waals surface area contributed by atoms with Gasteiger partial charge in [0.15, 0.2) is 17.5 Å². The van der Waals surface area contributed by atoms with E-state index in [0.29, 0.717) is 17.5 Å². The van der Waals surface area contributed by atoms with Gasteiger partial charge in [-0.1, -0.05) is 140 Å². The van der Waals surface area contributed by atoms with Crippen molar-refractivity contribution in [2.45, 2.75) is 0 Å². The van der Waals surface area contributed by atoms with Gasteiger partial charge in [-0.05, 0) is 74.6 Å². The maximum absolute atomic E-state index is 6.43. The van der Waals surface area contributed by atoms with Gasteiger partial charge in [0, 0.05) is 33.0 Å². The summed E-state index contributed by atoms with van der Waals surface area (Å²) < 4.78 is 6.43. The predicted molar refractivity (Wildman–Crippen MR) is 209 cm³/mol. The van der Waals surface area contributed by atoms with Gasteiger partial charge >= 0.3 is 0 Å². The summed E-state index contributed by atoms with van der Waals surface area (Å²) in [5, 5.41) is 6.73. The van der Waals surface area contributed by atoms with Gasteiger partial charge in [-0.3, -0.25) is 0 Å². The second kappa shape index (κ2) is 11.9. The molecule has 2 aromatic heterocycles. The Morgan fingerprint density at radius 1 is 0.333 bits per heavy atom. The minimum absolute atomic E-state index is 0.605. The summed E-state index contributed by atoms with van der Waals surface area (Å²) in [6.45, 7) is 0. The Hall–Kier alpha value is -6.91. The number of para-hydroxylation sites is 1. The lowest BCUT2D eigenvalue weighted by atomic mass is 9.91. The number of hydrogen-bond donors (Lipinski definition) is 0. The molecule has 0 atom stereocenters. The Labute approximate surface area is 294 Å². The Morgan fingerprint density at radius 2 is 0.882 bits per heavy atom. The van der Waals surface area contributed by atoms with Gasteiger partial charge in [-0.15, -0.1) is 0 Å². The fourth-order valence-corrected chi connectivity index (χ4v) is 7.18. The number of hydrogen-bond acceptors (Lipinski definition) is 4. The fourth-order valence-electron chi connectivity index (χ4n) is 7.18. The van der Waals surface area contributed by atoms with E-state index in [1.807, 2.05) is 48.5 Å². The smallest absolute Gasteiger partial charge is 0.164 e. The van der Waals surface area contributed by atoms with E-state index < -0.39 is 0 Å². The lowest BCUT2D eigenvalue weighted by Gasteiger charge is -2.14. The summed E-state index contributed by atoms with van der Waals surface area (Å²) in [6.07, 6.45) is 0. The number of rotatable bonds is 5. The first kappa shape index (κ1) is 29.0. The molecule has 4 nitrogen and oxygen atoms in total. The first-order valence-electron chi connectivity index (χ1n) is 17.1. The van der Waals surface area contributed by atoms with Gasteiger partial charge in [0.25, 0.3) is 0 Å². The summed E-state index contributed by atoms with van der Waals surface area (Å²) >= 11 is 0. The molecule has 0 fully saturated rings. The number of nitrogens with zero attached hydrogens (tertiary/aromatic N) is 3. The number of aromatic nitrogens is 3. The maximum Gasteiger partial charge on any atom is 0.164 e. The van der Waals surface area contributed by atoms with Gasteiger partial charge < -0.3 is 4.42 Å². The third-order valence-corrected chi connectivity index (χ3v) is 9.70. The maximum atomic E-state index is 6.43. The average molecular weight is 652 g/mol. The first-order chi connectivity index (χ1) is 25.2. The average Bonchev–Trinajstić information content (AvgIpc) is 3.59. The molecule has 0 saturated heterocycles. The lowest BCUT2D eigenvalue weighted by molar-refractivity contribution is 0.669. The van der Waals surface area contributed by atoms with Crippen LogP contribution in [0.15, 0.2) is 180 Å². The summed E-state index contributed by atoms with van der Waals surface area (Å²) in [6, 6.07) is 61.1. The molecule has 0 unspecified atom stereocenters. The summed E-state index contributed by atoms with van der Waals surface area (Å²) in [4.78, 5) is 15.4. The van der Waals surface area contributed by atoms with Gasteiger partial charge in [-0.2, -0.15) is 0 Å². The van der Waals surface area contributed by atoms with E-state index in [1.54, 1.807) is 0 Å². The SMILES string of the molecule is c1ccc(-c2ccc3cc(-c4c(-c5nc(-c6ccccc6)nc(-c6ccc7ccccc7c6)n5)ccc5oc6ccccc6c45)ccc3c2)cc1. The molecular weight excluding hydrogens is 623 g/mol. The van der Waals surface area contributed by atoms with Crippen LogP contribution in [-0.4, -0.2) is 15.0 Å². The molecule has 4 heteroatoms. The summed E-state index contributed by atoms with van der Waals surface area (Å²) in [7, 11) is 0. The Balaban J connectivity index is 1.23. The summed E-state index contributed by atoms with van der Waals surface area (Å²) in [5.41, 5.74) is 8.93. The minimum Gasteiger partial charge on any atom is -0.456 e. The Morgan fingerprint density at radius 3 is 1.69 bits per heavy atom. The normalized spacial score (nSPS) is 11.5. The van der Waals surface area contributed by atoms with Crippen LogP contribution < -0.4 is 0 Å². The zero-order valence-electron chi connectivity index (χ0n) is 27.5. The van der Waals surface area contributed by atoms with Crippen LogP contribution in [0.5, 0.6) is 0 Å². The van der Waals surface area contributed by atoms with Crippen molar-refractivity contribution in [1.82, 2.24) is 15.0 Å². The van der Waals surface area contributed by atoms with Crippen molar-refractivity contribution in [2.75, 3.05) is 0 Å². The van der Waals surface area contributed by atoms with Crippen LogP contribution in [0, 0.1) is 0 Å². The Kier molecular flexibility index (Phi) is 6.78. The number of benzene rings is 8. The fraction of sp³-hybridized carbons (Fsp3) is 0. The molecule has 0 saturated carbocycles. The minimum atomic E-state index is 0.605. The monoisotopic (exact) mass is 651 g/mol. The highest BCUT2D eigenvalue weighted by Crippen LogP contribution is 2.43. The molecular formula is C47H29N3O. The third-order valence-electron chi connectivity index (χ3n) is 9.70. The van der Waals surface area contributed by atoms with Gasteiger partial charge in [-0.25, -0.2) is 15.0 Å². The molecule has 51 heavy (non-hydrogen) atoms. The van der Waals surface area contributed by atoms with Crippen LogP contribution in [-0.2, 0) is 0 Å². The van der Waals surface area contributed by atoms with Gasteiger partial charge in [0.1, 0.15) is 11.2 Å². The van der Waals surface area contributed by atoms with Crippen LogP contribution in [0.25, 0.3) is 99.9 Å². The van der Waals surface area contributed by atoms with Crippen molar-refractivity contribution in [3.63, 3.8) is 0 Å². The highest BCUT2D eigenvalue weighted by atomic mass is 16.3. The second-order valence-corrected chi connectivity index (χ2v) is 12.8. The predicted octanol–water partition coefficient (Wildman–Crippen LogP) is 12.4. The lowest BCUT2D eigenvalue weighted by Crippen LogP contribution is -2.01. The standard InChI is InChI=1S/C47H29N3O/c1-3-11-30(12-4-1)34-20-21-36-28-37(23-22-35(36)27-34)43-40(25-26-42-44(43)39-17-9-10-18-41(39)51-42)47-49-45(32-14-5-2-6-15-32)48-46(50-47)38-24-19-31-13-7-8-16-33(31)29-38/h1-29H. The zero-order valence-corrected chi connectivity index (χ0v) is 27.5. The molecule has 238 valence electrons. The summed E-state index contributed by atoms with van der Waals surface area (Å²) in [5.74, 6) is 1.85. The highest BCUT2D eigenvalue weighted by molar-refractivity contribution is 6.16. The van der Waals surface area contributed by atoms with E-state index in [1.165, 1.54) is 21.9 Å². The first-order valence-corrected chi connectivity index (χ1v) is 17.1. The molecule has 10 aromatic rings. The van der Waals surface area contributed by atoms with Crippen molar-refractivity contribution in [3.05, 3.63) is 176 Å². The van der Waals surface area contributed by atoms with E-state index in [2.05, 4.69) is 127 Å². The highest BCUT2D eigenvalue weighted by Gasteiger charge is 2.21. The van der Waals surface area contributed by atoms with Crippen LogP contribution in [0.1, 0.15) is 0 Å².